The van der Waals surface area contributed by atoms with E-state index in [-0.39, 0.29) is 24.9 Å². The third kappa shape index (κ3) is 3.10. The van der Waals surface area contributed by atoms with Gasteiger partial charge in [0, 0.05) is 25.2 Å². The molecule has 1 aliphatic heterocycles. The third-order valence-corrected chi connectivity index (χ3v) is 4.99. The normalized spacial score (nSPS) is 19.5. The van der Waals surface area contributed by atoms with Crippen molar-refractivity contribution < 1.29 is 14.7 Å². The summed E-state index contributed by atoms with van der Waals surface area (Å²) in [5, 5.41) is 13.7. The molecule has 0 spiro atoms. The van der Waals surface area contributed by atoms with Crippen LogP contribution in [0.15, 0.2) is 59.5 Å². The standard InChI is InChI=1S/C19H18N4O4/c24-17(12-23-19(27)22-9-5-4-8-16(22)20-23)21-10-14(15(11-21)18(25)26)13-6-2-1-3-7-13/h1-9,14-15H,10-12H2,(H,25,26)/t14-,15-/m1/s1. The van der Waals surface area contributed by atoms with Crippen LogP contribution in [0.25, 0.3) is 5.65 Å². The molecule has 3 aromatic rings. The molecule has 0 radical (unpaired) electrons. The van der Waals surface area contributed by atoms with E-state index in [1.54, 1.807) is 24.4 Å². The van der Waals surface area contributed by atoms with E-state index in [0.29, 0.717) is 12.2 Å². The van der Waals surface area contributed by atoms with Crippen LogP contribution < -0.4 is 5.69 Å². The molecule has 0 saturated carbocycles. The number of benzene rings is 1. The number of pyridine rings is 1. The van der Waals surface area contributed by atoms with E-state index < -0.39 is 17.6 Å². The van der Waals surface area contributed by atoms with Gasteiger partial charge < -0.3 is 10.0 Å². The van der Waals surface area contributed by atoms with Gasteiger partial charge in [0.05, 0.1) is 5.92 Å². The number of fused-ring (bicyclic) bond motifs is 1. The Morgan fingerprint density at radius 3 is 2.52 bits per heavy atom. The molecule has 0 bridgehead atoms. The summed E-state index contributed by atoms with van der Waals surface area (Å²) in [6, 6.07) is 14.5. The van der Waals surface area contributed by atoms with E-state index in [0.717, 1.165) is 10.2 Å². The zero-order valence-electron chi connectivity index (χ0n) is 14.4. The summed E-state index contributed by atoms with van der Waals surface area (Å²) >= 11 is 0. The Labute approximate surface area is 154 Å². The quantitative estimate of drug-likeness (QED) is 0.737. The van der Waals surface area contributed by atoms with Crippen LogP contribution in [0.2, 0.25) is 0 Å². The molecular formula is C19H18N4O4. The molecule has 1 fully saturated rings. The first-order valence-electron chi connectivity index (χ1n) is 8.64. The number of carboxylic acid groups (broad SMARTS) is 1. The average molecular weight is 366 g/mol. The Balaban J connectivity index is 1.56. The van der Waals surface area contributed by atoms with Crippen LogP contribution in [0.3, 0.4) is 0 Å². The summed E-state index contributed by atoms with van der Waals surface area (Å²) in [5.74, 6) is -2.19. The number of carboxylic acids is 1. The molecule has 8 heteroatoms. The van der Waals surface area contributed by atoms with Crippen molar-refractivity contribution in [2.24, 2.45) is 5.92 Å². The number of carbonyl (C=O) groups excluding carboxylic acids is 1. The molecule has 0 aliphatic carbocycles. The van der Waals surface area contributed by atoms with Gasteiger partial charge in [-0.3, -0.25) is 14.0 Å². The van der Waals surface area contributed by atoms with Crippen molar-refractivity contribution in [3.63, 3.8) is 0 Å². The Morgan fingerprint density at radius 2 is 1.81 bits per heavy atom. The van der Waals surface area contributed by atoms with Gasteiger partial charge in [-0.25, -0.2) is 9.48 Å². The second-order valence-electron chi connectivity index (χ2n) is 6.63. The minimum atomic E-state index is -0.927. The lowest BCUT2D eigenvalue weighted by atomic mass is 9.89. The maximum Gasteiger partial charge on any atom is 0.350 e. The van der Waals surface area contributed by atoms with Gasteiger partial charge in [-0.1, -0.05) is 36.4 Å². The van der Waals surface area contributed by atoms with Crippen LogP contribution in [0.5, 0.6) is 0 Å². The van der Waals surface area contributed by atoms with Gasteiger partial charge >= 0.3 is 11.7 Å². The number of hydrogen-bond acceptors (Lipinski definition) is 4. The highest BCUT2D eigenvalue weighted by Crippen LogP contribution is 2.32. The van der Waals surface area contributed by atoms with Crippen molar-refractivity contribution in [2.75, 3.05) is 13.1 Å². The topological polar surface area (TPSA) is 96.9 Å². The zero-order valence-corrected chi connectivity index (χ0v) is 14.4. The molecular weight excluding hydrogens is 348 g/mol. The Hall–Kier alpha value is -3.42. The maximum absolute atomic E-state index is 12.7. The lowest BCUT2D eigenvalue weighted by Gasteiger charge is -2.16. The van der Waals surface area contributed by atoms with Gasteiger partial charge in [0.15, 0.2) is 5.65 Å². The number of aliphatic carboxylic acids is 1. The Morgan fingerprint density at radius 1 is 1.07 bits per heavy atom. The van der Waals surface area contributed by atoms with Gasteiger partial charge in [-0.05, 0) is 17.7 Å². The molecule has 1 aromatic carbocycles. The fraction of sp³-hybridized carbons (Fsp3) is 0.263. The second kappa shape index (κ2) is 6.71. The summed E-state index contributed by atoms with van der Waals surface area (Å²) in [4.78, 5) is 38.2. The lowest BCUT2D eigenvalue weighted by Crippen LogP contribution is -2.36. The van der Waals surface area contributed by atoms with Crippen molar-refractivity contribution in [1.29, 1.82) is 0 Å². The number of amides is 1. The largest absolute Gasteiger partial charge is 0.481 e. The molecule has 2 aromatic heterocycles. The van der Waals surface area contributed by atoms with Crippen LogP contribution in [-0.2, 0) is 16.1 Å². The molecule has 1 N–H and O–H groups in total. The van der Waals surface area contributed by atoms with Crippen molar-refractivity contribution in [3.05, 3.63) is 70.8 Å². The van der Waals surface area contributed by atoms with Gasteiger partial charge in [0.25, 0.3) is 0 Å². The van der Waals surface area contributed by atoms with Crippen LogP contribution in [0.1, 0.15) is 11.5 Å². The van der Waals surface area contributed by atoms with Crippen LogP contribution >= 0.6 is 0 Å². The number of carbonyl (C=O) groups is 2. The highest BCUT2D eigenvalue weighted by molar-refractivity contribution is 5.79. The molecule has 27 heavy (non-hydrogen) atoms. The zero-order chi connectivity index (χ0) is 19.0. The van der Waals surface area contributed by atoms with Crippen LogP contribution in [-0.4, -0.2) is 49.2 Å². The van der Waals surface area contributed by atoms with Gasteiger partial charge in [0.1, 0.15) is 6.54 Å². The molecule has 4 rings (SSSR count). The van der Waals surface area contributed by atoms with E-state index >= 15 is 0 Å². The minimum absolute atomic E-state index is 0.121. The minimum Gasteiger partial charge on any atom is -0.481 e. The van der Waals surface area contributed by atoms with Crippen molar-refractivity contribution in [1.82, 2.24) is 19.1 Å². The first-order valence-corrected chi connectivity index (χ1v) is 8.64. The average Bonchev–Trinajstić information content (AvgIpc) is 3.26. The van der Waals surface area contributed by atoms with Crippen LogP contribution in [0.4, 0.5) is 0 Å². The maximum atomic E-state index is 12.7. The highest BCUT2D eigenvalue weighted by atomic mass is 16.4. The van der Waals surface area contributed by atoms with Crippen LogP contribution in [0, 0.1) is 5.92 Å². The Kier molecular flexibility index (Phi) is 4.23. The van der Waals surface area contributed by atoms with Gasteiger partial charge in [-0.2, -0.15) is 0 Å². The number of nitrogens with zero attached hydrogens (tertiary/aromatic N) is 4. The van der Waals surface area contributed by atoms with E-state index in [9.17, 15) is 19.5 Å². The molecule has 8 nitrogen and oxygen atoms in total. The molecule has 1 amide bonds. The molecule has 3 heterocycles. The third-order valence-electron chi connectivity index (χ3n) is 4.99. The first-order chi connectivity index (χ1) is 13.0. The fourth-order valence-electron chi connectivity index (χ4n) is 3.59. The molecule has 138 valence electrons. The van der Waals surface area contributed by atoms with Crippen molar-refractivity contribution in [3.8, 4) is 0 Å². The smallest absolute Gasteiger partial charge is 0.350 e. The van der Waals surface area contributed by atoms with E-state index in [1.165, 1.54) is 9.30 Å². The monoisotopic (exact) mass is 366 g/mol. The fourth-order valence-corrected chi connectivity index (χ4v) is 3.59. The number of aromatic nitrogens is 3. The van der Waals surface area contributed by atoms with Gasteiger partial charge in [0.2, 0.25) is 5.91 Å². The van der Waals surface area contributed by atoms with E-state index in [4.69, 9.17) is 0 Å². The SMILES string of the molecule is O=C(O)[C@@H]1CN(C(=O)Cn2nc3ccccn3c2=O)C[C@@H]1c1ccccc1. The predicted octanol–water partition coefficient (Wildman–Crippen LogP) is 0.823. The highest BCUT2D eigenvalue weighted by Gasteiger charge is 2.40. The van der Waals surface area contributed by atoms with Crippen molar-refractivity contribution in [2.45, 2.75) is 12.5 Å². The number of hydrogen-bond donors (Lipinski definition) is 1. The van der Waals surface area contributed by atoms with Gasteiger partial charge in [-0.15, -0.1) is 5.10 Å². The number of likely N-dealkylation sites (tertiary alicyclic amines) is 1. The first kappa shape index (κ1) is 17.0. The van der Waals surface area contributed by atoms with Crippen molar-refractivity contribution >= 4 is 17.5 Å². The van der Waals surface area contributed by atoms with E-state index in [1.807, 2.05) is 30.3 Å². The Bertz CT molecular complexity index is 1060. The summed E-state index contributed by atoms with van der Waals surface area (Å²) in [5.41, 5.74) is 0.958. The molecule has 0 unspecified atom stereocenters. The summed E-state index contributed by atoms with van der Waals surface area (Å²) in [7, 11) is 0. The lowest BCUT2D eigenvalue weighted by molar-refractivity contribution is -0.141. The second-order valence-corrected chi connectivity index (χ2v) is 6.63. The molecule has 1 saturated heterocycles. The summed E-state index contributed by atoms with van der Waals surface area (Å²) in [6.07, 6.45) is 1.59. The van der Waals surface area contributed by atoms with E-state index in [2.05, 4.69) is 5.10 Å². The molecule has 2 atom stereocenters. The predicted molar refractivity (Wildman–Crippen MR) is 96.3 cm³/mol. The molecule has 1 aliphatic rings. The summed E-state index contributed by atoms with van der Waals surface area (Å²) < 4.78 is 2.48. The number of rotatable bonds is 4. The summed E-state index contributed by atoms with van der Waals surface area (Å²) in [6.45, 7) is 0.214.